The molecule has 82 valence electrons. The lowest BCUT2D eigenvalue weighted by Gasteiger charge is -2.19. The van der Waals surface area contributed by atoms with E-state index in [1.807, 2.05) is 27.7 Å². The van der Waals surface area contributed by atoms with Crippen LogP contribution >= 0.6 is 0 Å². The predicted molar refractivity (Wildman–Crippen MR) is 55.8 cm³/mol. The minimum absolute atomic E-state index is 0.362. The average molecular weight is 200 g/mol. The highest BCUT2D eigenvalue weighted by Gasteiger charge is 2.19. The molecule has 4 heteroatoms. The molecule has 0 radical (unpaired) electrons. The van der Waals surface area contributed by atoms with Crippen LogP contribution in [0.15, 0.2) is 0 Å². The zero-order valence-corrected chi connectivity index (χ0v) is 9.44. The molecular formula is C10H20N2O2. The van der Waals surface area contributed by atoms with Crippen LogP contribution in [0.3, 0.4) is 0 Å². The van der Waals surface area contributed by atoms with Gasteiger partial charge in [-0.3, -0.25) is 9.59 Å². The quantitative estimate of drug-likeness (QED) is 0.523. The van der Waals surface area contributed by atoms with E-state index in [1.165, 1.54) is 0 Å². The molecule has 2 N–H and O–H groups in total. The largest absolute Gasteiger partial charge is 0.348 e. The van der Waals surface area contributed by atoms with Gasteiger partial charge in [0.1, 0.15) is 0 Å². The summed E-state index contributed by atoms with van der Waals surface area (Å²) >= 11 is 0. The number of carbonyl (C=O) groups excluding carboxylic acids is 2. The van der Waals surface area contributed by atoms with Gasteiger partial charge in [0, 0.05) is 12.1 Å². The first-order valence-corrected chi connectivity index (χ1v) is 4.97. The van der Waals surface area contributed by atoms with Gasteiger partial charge in [-0.05, 0) is 27.2 Å². The van der Waals surface area contributed by atoms with Gasteiger partial charge < -0.3 is 10.6 Å². The number of nitrogens with one attached hydrogen (secondary N) is 2. The van der Waals surface area contributed by atoms with E-state index in [1.54, 1.807) is 0 Å². The summed E-state index contributed by atoms with van der Waals surface area (Å²) in [7, 11) is 0. The average Bonchev–Trinajstić information content (AvgIpc) is 2.01. The van der Waals surface area contributed by atoms with Gasteiger partial charge in [-0.25, -0.2) is 0 Å². The zero-order valence-electron chi connectivity index (χ0n) is 9.44. The van der Waals surface area contributed by atoms with Crippen molar-refractivity contribution in [1.29, 1.82) is 0 Å². The summed E-state index contributed by atoms with van der Waals surface area (Å²) in [6.07, 6.45) is 1.90. The maximum absolute atomic E-state index is 11.2. The molecule has 0 heterocycles. The number of unbranched alkanes of at least 4 members (excludes halogenated alkanes) is 1. The molecule has 0 saturated heterocycles. The Labute approximate surface area is 85.4 Å². The van der Waals surface area contributed by atoms with Crippen LogP contribution in [0.2, 0.25) is 0 Å². The molecule has 0 aromatic carbocycles. The molecule has 0 aliphatic rings. The molecule has 0 aromatic rings. The molecule has 4 nitrogen and oxygen atoms in total. The third-order valence-corrected chi connectivity index (χ3v) is 1.51. The van der Waals surface area contributed by atoms with Crippen molar-refractivity contribution >= 4 is 11.8 Å². The predicted octanol–water partition coefficient (Wildman–Crippen LogP) is 0.817. The molecule has 0 bridgehead atoms. The second-order valence-electron chi connectivity index (χ2n) is 4.31. The molecule has 2 amide bonds. The van der Waals surface area contributed by atoms with Crippen molar-refractivity contribution in [2.24, 2.45) is 0 Å². The van der Waals surface area contributed by atoms with E-state index in [0.717, 1.165) is 12.8 Å². The van der Waals surface area contributed by atoms with Crippen molar-refractivity contribution in [1.82, 2.24) is 10.6 Å². The fourth-order valence-electron chi connectivity index (χ4n) is 0.856. The maximum Gasteiger partial charge on any atom is 0.309 e. The van der Waals surface area contributed by atoms with E-state index in [9.17, 15) is 9.59 Å². The van der Waals surface area contributed by atoms with Crippen LogP contribution in [0.1, 0.15) is 40.5 Å². The standard InChI is InChI=1S/C10H20N2O2/c1-5-6-7-11-8(13)9(14)12-10(2,3)4/h5-7H2,1-4H3,(H,11,13)(H,12,14). The molecule has 14 heavy (non-hydrogen) atoms. The lowest BCUT2D eigenvalue weighted by molar-refractivity contribution is -0.140. The summed E-state index contributed by atoms with van der Waals surface area (Å²) < 4.78 is 0. The van der Waals surface area contributed by atoms with E-state index in [0.29, 0.717) is 6.54 Å². The highest BCUT2D eigenvalue weighted by Crippen LogP contribution is 1.97. The SMILES string of the molecule is CCCCNC(=O)C(=O)NC(C)(C)C. The third kappa shape index (κ3) is 6.46. The van der Waals surface area contributed by atoms with E-state index in [2.05, 4.69) is 10.6 Å². The Bertz CT molecular complexity index is 207. The van der Waals surface area contributed by atoms with Crippen molar-refractivity contribution in [2.75, 3.05) is 6.54 Å². The normalized spacial score (nSPS) is 10.9. The van der Waals surface area contributed by atoms with E-state index < -0.39 is 11.8 Å². The smallest absolute Gasteiger partial charge is 0.309 e. The number of rotatable bonds is 3. The summed E-state index contributed by atoms with van der Waals surface area (Å²) in [6, 6.07) is 0. The number of carbonyl (C=O) groups is 2. The lowest BCUT2D eigenvalue weighted by Crippen LogP contribution is -2.48. The first-order chi connectivity index (χ1) is 6.37. The van der Waals surface area contributed by atoms with Crippen LogP contribution in [-0.4, -0.2) is 23.9 Å². The van der Waals surface area contributed by atoms with Gasteiger partial charge in [-0.2, -0.15) is 0 Å². The third-order valence-electron chi connectivity index (χ3n) is 1.51. The lowest BCUT2D eigenvalue weighted by atomic mass is 10.1. The molecule has 0 spiro atoms. The first kappa shape index (κ1) is 12.9. The van der Waals surface area contributed by atoms with Crippen LogP contribution < -0.4 is 10.6 Å². The molecule has 0 aliphatic carbocycles. The Hall–Kier alpha value is -1.06. The molecular weight excluding hydrogens is 180 g/mol. The molecule has 0 rings (SSSR count). The van der Waals surface area contributed by atoms with Crippen molar-refractivity contribution < 1.29 is 9.59 Å². The zero-order chi connectivity index (χ0) is 11.2. The number of hydrogen-bond donors (Lipinski definition) is 2. The Kier molecular flexibility index (Phi) is 5.20. The number of hydrogen-bond acceptors (Lipinski definition) is 2. The van der Waals surface area contributed by atoms with Gasteiger partial charge in [-0.15, -0.1) is 0 Å². The summed E-state index contributed by atoms with van der Waals surface area (Å²) in [5.41, 5.74) is -0.362. The van der Waals surface area contributed by atoms with E-state index >= 15 is 0 Å². The fourth-order valence-corrected chi connectivity index (χ4v) is 0.856. The Morgan fingerprint density at radius 3 is 2.14 bits per heavy atom. The minimum atomic E-state index is -0.561. The maximum atomic E-state index is 11.2. The van der Waals surface area contributed by atoms with Gasteiger partial charge in [0.2, 0.25) is 0 Å². The highest BCUT2D eigenvalue weighted by atomic mass is 16.2. The number of amides is 2. The van der Waals surface area contributed by atoms with Gasteiger partial charge in [0.25, 0.3) is 0 Å². The van der Waals surface area contributed by atoms with Gasteiger partial charge >= 0.3 is 11.8 Å². The van der Waals surface area contributed by atoms with Crippen LogP contribution in [0.5, 0.6) is 0 Å². The van der Waals surface area contributed by atoms with Gasteiger partial charge in [0.05, 0.1) is 0 Å². The molecule has 0 aliphatic heterocycles. The summed E-state index contributed by atoms with van der Waals surface area (Å²) in [4.78, 5) is 22.4. The van der Waals surface area contributed by atoms with Crippen molar-refractivity contribution in [3.8, 4) is 0 Å². The van der Waals surface area contributed by atoms with Gasteiger partial charge in [-0.1, -0.05) is 13.3 Å². The summed E-state index contributed by atoms with van der Waals surface area (Å²) in [5, 5.41) is 5.15. The van der Waals surface area contributed by atoms with Crippen molar-refractivity contribution in [3.63, 3.8) is 0 Å². The van der Waals surface area contributed by atoms with Crippen LogP contribution in [0, 0.1) is 0 Å². The van der Waals surface area contributed by atoms with Crippen molar-refractivity contribution in [2.45, 2.75) is 46.1 Å². The highest BCUT2D eigenvalue weighted by molar-refractivity contribution is 6.35. The molecule has 0 unspecified atom stereocenters. The summed E-state index contributed by atoms with van der Waals surface area (Å²) in [6.45, 7) is 8.10. The van der Waals surface area contributed by atoms with E-state index in [-0.39, 0.29) is 5.54 Å². The van der Waals surface area contributed by atoms with Gasteiger partial charge in [0.15, 0.2) is 0 Å². The van der Waals surface area contributed by atoms with E-state index in [4.69, 9.17) is 0 Å². The molecule has 0 atom stereocenters. The second kappa shape index (κ2) is 5.62. The van der Waals surface area contributed by atoms with Crippen molar-refractivity contribution in [3.05, 3.63) is 0 Å². The molecule has 0 saturated carbocycles. The summed E-state index contributed by atoms with van der Waals surface area (Å²) in [5.74, 6) is -1.11. The van der Waals surface area contributed by atoms with Crippen LogP contribution in [0.25, 0.3) is 0 Å². The Morgan fingerprint density at radius 2 is 1.71 bits per heavy atom. The fraction of sp³-hybridized carbons (Fsp3) is 0.800. The second-order valence-corrected chi connectivity index (χ2v) is 4.31. The molecule has 0 aromatic heterocycles. The van der Waals surface area contributed by atoms with Crippen LogP contribution in [-0.2, 0) is 9.59 Å². The van der Waals surface area contributed by atoms with Crippen LogP contribution in [0.4, 0.5) is 0 Å². The molecule has 0 fully saturated rings. The first-order valence-electron chi connectivity index (χ1n) is 4.97. The topological polar surface area (TPSA) is 58.2 Å². The monoisotopic (exact) mass is 200 g/mol. The Morgan fingerprint density at radius 1 is 1.14 bits per heavy atom. The minimum Gasteiger partial charge on any atom is -0.348 e. The Balaban J connectivity index is 3.83.